The maximum Gasteiger partial charge on any atom is 0.0155 e. The minimum atomic E-state index is 0.750. The fourth-order valence-electron chi connectivity index (χ4n) is 0.404. The molecule has 0 amide bonds. The first kappa shape index (κ1) is 7.50. The standard InChI is InChI=1S/C6H14N2/c1-6(2)8-5-3-4-7/h8H,1,3-5,7H2,2H3. The Balaban J connectivity index is 2.82. The SMILES string of the molecule is C=C(C)NCCCN. The molecule has 0 bridgehead atoms. The van der Waals surface area contributed by atoms with Gasteiger partial charge in [0.25, 0.3) is 0 Å². The van der Waals surface area contributed by atoms with Crippen LogP contribution in [0.3, 0.4) is 0 Å². The number of allylic oxidation sites excluding steroid dienone is 1. The van der Waals surface area contributed by atoms with Gasteiger partial charge in [-0.15, -0.1) is 0 Å². The lowest BCUT2D eigenvalue weighted by atomic mass is 10.4. The predicted octanol–water partition coefficient (Wildman–Crippen LogP) is 0.458. The Bertz CT molecular complexity index is 68.9. The summed E-state index contributed by atoms with van der Waals surface area (Å²) in [4.78, 5) is 0. The number of hydrogen-bond acceptors (Lipinski definition) is 2. The van der Waals surface area contributed by atoms with Gasteiger partial charge in [-0.1, -0.05) is 6.58 Å². The summed E-state index contributed by atoms with van der Waals surface area (Å²) in [5.41, 5.74) is 6.26. The topological polar surface area (TPSA) is 38.0 Å². The van der Waals surface area contributed by atoms with Crippen molar-refractivity contribution in [2.24, 2.45) is 5.73 Å². The van der Waals surface area contributed by atoms with Crippen LogP contribution in [0.4, 0.5) is 0 Å². The maximum absolute atomic E-state index is 5.25. The molecule has 0 heterocycles. The highest BCUT2D eigenvalue weighted by atomic mass is 14.9. The van der Waals surface area contributed by atoms with Gasteiger partial charge >= 0.3 is 0 Å². The van der Waals surface area contributed by atoms with Crippen molar-refractivity contribution < 1.29 is 0 Å². The van der Waals surface area contributed by atoms with Crippen molar-refractivity contribution in [3.63, 3.8) is 0 Å². The first-order chi connectivity index (χ1) is 3.77. The zero-order valence-electron chi connectivity index (χ0n) is 5.41. The molecule has 0 atom stereocenters. The molecule has 0 rings (SSSR count). The number of rotatable bonds is 4. The zero-order valence-corrected chi connectivity index (χ0v) is 5.41. The number of nitrogens with two attached hydrogens (primary N) is 1. The minimum absolute atomic E-state index is 0.750. The second-order valence-corrected chi connectivity index (χ2v) is 1.85. The molecule has 0 aliphatic rings. The minimum Gasteiger partial charge on any atom is -0.389 e. The van der Waals surface area contributed by atoms with Crippen molar-refractivity contribution in [1.29, 1.82) is 0 Å². The summed E-state index contributed by atoms with van der Waals surface area (Å²) >= 11 is 0. The molecule has 0 saturated carbocycles. The smallest absolute Gasteiger partial charge is 0.0155 e. The number of hydrogen-bond donors (Lipinski definition) is 2. The number of nitrogens with one attached hydrogen (secondary N) is 1. The maximum atomic E-state index is 5.25. The van der Waals surface area contributed by atoms with Crippen LogP contribution < -0.4 is 11.1 Å². The molecule has 48 valence electrons. The van der Waals surface area contributed by atoms with E-state index >= 15 is 0 Å². The normalized spacial score (nSPS) is 8.75. The van der Waals surface area contributed by atoms with Gasteiger partial charge in [0.05, 0.1) is 0 Å². The Kier molecular flexibility index (Phi) is 4.36. The lowest BCUT2D eigenvalue weighted by Crippen LogP contribution is -2.15. The third kappa shape index (κ3) is 5.50. The van der Waals surface area contributed by atoms with Gasteiger partial charge in [0.1, 0.15) is 0 Å². The van der Waals surface area contributed by atoms with E-state index in [9.17, 15) is 0 Å². The molecule has 2 nitrogen and oxygen atoms in total. The van der Waals surface area contributed by atoms with Gasteiger partial charge in [-0.25, -0.2) is 0 Å². The van der Waals surface area contributed by atoms with E-state index in [1.54, 1.807) is 0 Å². The molecule has 0 aliphatic carbocycles. The van der Waals surface area contributed by atoms with Gasteiger partial charge in [-0.3, -0.25) is 0 Å². The molecular formula is C6H14N2. The quantitative estimate of drug-likeness (QED) is 0.521. The van der Waals surface area contributed by atoms with Gasteiger partial charge < -0.3 is 11.1 Å². The van der Waals surface area contributed by atoms with Crippen molar-refractivity contribution in [2.45, 2.75) is 13.3 Å². The van der Waals surface area contributed by atoms with Crippen molar-refractivity contribution in [3.05, 3.63) is 12.3 Å². The van der Waals surface area contributed by atoms with Crippen LogP contribution >= 0.6 is 0 Å². The highest BCUT2D eigenvalue weighted by Gasteiger charge is 1.80. The van der Waals surface area contributed by atoms with Crippen molar-refractivity contribution in [3.8, 4) is 0 Å². The van der Waals surface area contributed by atoms with Gasteiger partial charge in [-0.2, -0.15) is 0 Å². The Labute approximate surface area is 50.8 Å². The van der Waals surface area contributed by atoms with Crippen molar-refractivity contribution >= 4 is 0 Å². The molecule has 0 aliphatic heterocycles. The molecule has 0 spiro atoms. The van der Waals surface area contributed by atoms with Gasteiger partial charge in [0.15, 0.2) is 0 Å². The predicted molar refractivity (Wildman–Crippen MR) is 36.5 cm³/mol. The van der Waals surface area contributed by atoms with Gasteiger partial charge in [-0.05, 0) is 19.9 Å². The van der Waals surface area contributed by atoms with E-state index in [2.05, 4.69) is 11.9 Å². The summed E-state index contributed by atoms with van der Waals surface area (Å²) in [5, 5.41) is 3.07. The lowest BCUT2D eigenvalue weighted by Gasteiger charge is -2.00. The monoisotopic (exact) mass is 114 g/mol. The highest BCUT2D eigenvalue weighted by Crippen LogP contribution is 1.77. The van der Waals surface area contributed by atoms with Crippen molar-refractivity contribution in [1.82, 2.24) is 5.32 Å². The summed E-state index contributed by atoms with van der Waals surface area (Å²) in [7, 11) is 0. The van der Waals surface area contributed by atoms with Crippen molar-refractivity contribution in [2.75, 3.05) is 13.1 Å². The van der Waals surface area contributed by atoms with E-state index in [1.165, 1.54) is 0 Å². The lowest BCUT2D eigenvalue weighted by molar-refractivity contribution is 0.735. The fraction of sp³-hybridized carbons (Fsp3) is 0.667. The molecule has 0 aromatic carbocycles. The molecule has 2 heteroatoms. The van der Waals surface area contributed by atoms with E-state index < -0.39 is 0 Å². The highest BCUT2D eigenvalue weighted by molar-refractivity contribution is 4.83. The molecule has 0 aromatic heterocycles. The van der Waals surface area contributed by atoms with Gasteiger partial charge in [0, 0.05) is 12.2 Å². The van der Waals surface area contributed by atoms with Crippen LogP contribution in [0, 0.1) is 0 Å². The second kappa shape index (κ2) is 4.65. The second-order valence-electron chi connectivity index (χ2n) is 1.85. The Morgan fingerprint density at radius 2 is 2.38 bits per heavy atom. The molecule has 0 saturated heterocycles. The van der Waals surface area contributed by atoms with E-state index in [0.29, 0.717) is 0 Å². The molecule has 0 unspecified atom stereocenters. The van der Waals surface area contributed by atoms with Crippen LogP contribution in [-0.2, 0) is 0 Å². The molecule has 0 aromatic rings. The van der Waals surface area contributed by atoms with E-state index in [1.807, 2.05) is 6.92 Å². The van der Waals surface area contributed by atoms with Gasteiger partial charge in [0.2, 0.25) is 0 Å². The summed E-state index contributed by atoms with van der Waals surface area (Å²) in [6.45, 7) is 7.32. The summed E-state index contributed by atoms with van der Waals surface area (Å²) in [6.07, 6.45) is 1.02. The van der Waals surface area contributed by atoms with E-state index in [4.69, 9.17) is 5.73 Å². The molecule has 0 radical (unpaired) electrons. The third-order valence-electron chi connectivity index (χ3n) is 0.808. The van der Waals surface area contributed by atoms with Crippen LogP contribution in [-0.4, -0.2) is 13.1 Å². The molecule has 3 N–H and O–H groups in total. The first-order valence-corrected chi connectivity index (χ1v) is 2.87. The summed E-state index contributed by atoms with van der Waals surface area (Å²) in [6, 6.07) is 0. The van der Waals surface area contributed by atoms with Crippen LogP contribution in [0.25, 0.3) is 0 Å². The van der Waals surface area contributed by atoms with E-state index in [-0.39, 0.29) is 0 Å². The van der Waals surface area contributed by atoms with Crippen LogP contribution in [0.1, 0.15) is 13.3 Å². The molecule has 0 fully saturated rings. The largest absolute Gasteiger partial charge is 0.389 e. The van der Waals surface area contributed by atoms with Crippen LogP contribution in [0.15, 0.2) is 12.3 Å². The van der Waals surface area contributed by atoms with Crippen LogP contribution in [0.2, 0.25) is 0 Å². The summed E-state index contributed by atoms with van der Waals surface area (Å²) < 4.78 is 0. The third-order valence-corrected chi connectivity index (χ3v) is 0.808. The average molecular weight is 114 g/mol. The summed E-state index contributed by atoms with van der Waals surface area (Å²) in [5.74, 6) is 0. The Morgan fingerprint density at radius 3 is 2.75 bits per heavy atom. The average Bonchev–Trinajstić information content (AvgIpc) is 1.66. The Morgan fingerprint density at radius 1 is 1.75 bits per heavy atom. The molecule has 8 heavy (non-hydrogen) atoms. The first-order valence-electron chi connectivity index (χ1n) is 2.87. The van der Waals surface area contributed by atoms with E-state index in [0.717, 1.165) is 25.2 Å². The molecular weight excluding hydrogens is 100 g/mol. The Hall–Kier alpha value is -0.500. The zero-order chi connectivity index (χ0) is 6.41. The fourth-order valence-corrected chi connectivity index (χ4v) is 0.404. The van der Waals surface area contributed by atoms with Crippen LogP contribution in [0.5, 0.6) is 0 Å².